The number of aromatic nitrogens is 2. The number of benzene rings is 2. The summed E-state index contributed by atoms with van der Waals surface area (Å²) in [5.74, 6) is 0. The first kappa shape index (κ1) is 11.1. The molecule has 1 aromatic heterocycles. The van der Waals surface area contributed by atoms with Gasteiger partial charge in [-0.25, -0.2) is 4.79 Å². The van der Waals surface area contributed by atoms with E-state index in [1.165, 1.54) is 0 Å². The van der Waals surface area contributed by atoms with Crippen molar-refractivity contribution in [3.05, 3.63) is 63.5 Å². The Kier molecular flexibility index (Phi) is 2.49. The van der Waals surface area contributed by atoms with Crippen molar-refractivity contribution in [3.63, 3.8) is 0 Å². The van der Waals surface area contributed by atoms with Gasteiger partial charge in [0.05, 0.1) is 21.7 Å². The van der Waals surface area contributed by atoms with E-state index in [4.69, 9.17) is 11.6 Å². The molecule has 0 saturated carbocycles. The third kappa shape index (κ3) is 1.56. The highest BCUT2D eigenvalue weighted by Crippen LogP contribution is 2.23. The minimum absolute atomic E-state index is 0.174. The van der Waals surface area contributed by atoms with Crippen molar-refractivity contribution in [2.24, 2.45) is 0 Å². The summed E-state index contributed by atoms with van der Waals surface area (Å²) < 4.78 is 1.60. The Bertz CT molecular complexity index is 786. The molecule has 0 atom stereocenters. The van der Waals surface area contributed by atoms with E-state index in [1.54, 1.807) is 10.6 Å². The molecule has 3 rings (SSSR count). The second kappa shape index (κ2) is 4.03. The van der Waals surface area contributed by atoms with Crippen molar-refractivity contribution in [3.8, 4) is 5.69 Å². The monoisotopic (exact) mass is 258 g/mol. The van der Waals surface area contributed by atoms with Crippen LogP contribution >= 0.6 is 11.6 Å². The van der Waals surface area contributed by atoms with E-state index in [1.807, 2.05) is 43.3 Å². The van der Waals surface area contributed by atoms with Crippen LogP contribution in [-0.2, 0) is 0 Å². The molecule has 18 heavy (non-hydrogen) atoms. The summed E-state index contributed by atoms with van der Waals surface area (Å²) in [6.45, 7) is 1.97. The molecule has 3 aromatic rings. The molecule has 0 saturated heterocycles. The smallest absolute Gasteiger partial charge is 0.305 e. The molecule has 0 amide bonds. The summed E-state index contributed by atoms with van der Waals surface area (Å²) in [5, 5.41) is 0.557. The molecule has 3 nitrogen and oxygen atoms in total. The summed E-state index contributed by atoms with van der Waals surface area (Å²) in [4.78, 5) is 15.0. The van der Waals surface area contributed by atoms with E-state index in [0.29, 0.717) is 10.7 Å². The second-order valence-corrected chi connectivity index (χ2v) is 4.59. The van der Waals surface area contributed by atoms with Crippen molar-refractivity contribution in [1.29, 1.82) is 0 Å². The molecular formula is C14H11ClN2O. The first-order valence-electron chi connectivity index (χ1n) is 5.64. The predicted molar refractivity (Wildman–Crippen MR) is 73.6 cm³/mol. The lowest BCUT2D eigenvalue weighted by Gasteiger charge is -2.05. The van der Waals surface area contributed by atoms with Crippen LogP contribution in [0.1, 0.15) is 5.56 Å². The van der Waals surface area contributed by atoms with Gasteiger partial charge >= 0.3 is 5.69 Å². The fourth-order valence-corrected chi connectivity index (χ4v) is 2.37. The SMILES string of the molecule is Cc1cccc2c1[nH]c(=O)n2-c1ccccc1Cl. The predicted octanol–water partition coefficient (Wildman–Crippen LogP) is 3.28. The van der Waals surface area contributed by atoms with E-state index in [2.05, 4.69) is 4.98 Å². The van der Waals surface area contributed by atoms with Crippen molar-refractivity contribution >= 4 is 22.6 Å². The number of hydrogen-bond acceptors (Lipinski definition) is 1. The van der Waals surface area contributed by atoms with Gasteiger partial charge in [-0.05, 0) is 30.7 Å². The number of nitrogens with one attached hydrogen (secondary N) is 1. The first-order valence-corrected chi connectivity index (χ1v) is 6.01. The molecule has 0 aliphatic heterocycles. The van der Waals surface area contributed by atoms with Crippen LogP contribution in [0, 0.1) is 6.92 Å². The standard InChI is InChI=1S/C14H11ClN2O/c1-9-5-4-8-12-13(9)16-14(18)17(12)11-7-3-2-6-10(11)15/h2-8H,1H3,(H,16,18). The second-order valence-electron chi connectivity index (χ2n) is 4.19. The molecule has 0 bridgehead atoms. The topological polar surface area (TPSA) is 37.8 Å². The van der Waals surface area contributed by atoms with Gasteiger partial charge in [0, 0.05) is 0 Å². The van der Waals surface area contributed by atoms with Gasteiger partial charge in [-0.15, -0.1) is 0 Å². The van der Waals surface area contributed by atoms with Crippen molar-refractivity contribution in [1.82, 2.24) is 9.55 Å². The molecule has 0 fully saturated rings. The highest BCUT2D eigenvalue weighted by Gasteiger charge is 2.11. The zero-order valence-corrected chi connectivity index (χ0v) is 10.5. The number of aryl methyl sites for hydroxylation is 1. The lowest BCUT2D eigenvalue weighted by atomic mass is 10.2. The minimum atomic E-state index is -0.174. The fraction of sp³-hybridized carbons (Fsp3) is 0.0714. The van der Waals surface area contributed by atoms with Crippen LogP contribution in [0.15, 0.2) is 47.3 Å². The van der Waals surface area contributed by atoms with Gasteiger partial charge in [-0.3, -0.25) is 4.57 Å². The normalized spacial score (nSPS) is 11.0. The van der Waals surface area contributed by atoms with Gasteiger partial charge in [-0.2, -0.15) is 0 Å². The maximum atomic E-state index is 12.1. The van der Waals surface area contributed by atoms with Crippen LogP contribution in [0.2, 0.25) is 5.02 Å². The van der Waals surface area contributed by atoms with Crippen LogP contribution in [0.5, 0.6) is 0 Å². The number of hydrogen-bond donors (Lipinski definition) is 1. The fourth-order valence-electron chi connectivity index (χ4n) is 2.15. The molecule has 90 valence electrons. The number of para-hydroxylation sites is 2. The Hall–Kier alpha value is -2.00. The highest BCUT2D eigenvalue weighted by molar-refractivity contribution is 6.32. The zero-order chi connectivity index (χ0) is 12.7. The summed E-state index contributed by atoms with van der Waals surface area (Å²) >= 11 is 6.15. The average Bonchev–Trinajstić information content (AvgIpc) is 2.68. The number of halogens is 1. The van der Waals surface area contributed by atoms with E-state index in [0.717, 1.165) is 16.6 Å². The van der Waals surface area contributed by atoms with E-state index >= 15 is 0 Å². The lowest BCUT2D eigenvalue weighted by Crippen LogP contribution is -2.14. The van der Waals surface area contributed by atoms with Crippen LogP contribution in [0.4, 0.5) is 0 Å². The minimum Gasteiger partial charge on any atom is -0.305 e. The summed E-state index contributed by atoms with van der Waals surface area (Å²) in [6.07, 6.45) is 0. The Morgan fingerprint density at radius 1 is 1.11 bits per heavy atom. The molecule has 0 aliphatic rings. The van der Waals surface area contributed by atoms with Gasteiger partial charge in [0.25, 0.3) is 0 Å². The molecule has 2 aromatic carbocycles. The van der Waals surface area contributed by atoms with E-state index in [-0.39, 0.29) is 5.69 Å². The lowest BCUT2D eigenvalue weighted by molar-refractivity contribution is 1.02. The number of fused-ring (bicyclic) bond motifs is 1. The number of H-pyrrole nitrogens is 1. The average molecular weight is 259 g/mol. The van der Waals surface area contributed by atoms with Crippen molar-refractivity contribution in [2.75, 3.05) is 0 Å². The Morgan fingerprint density at radius 2 is 1.89 bits per heavy atom. The third-order valence-corrected chi connectivity index (χ3v) is 3.34. The molecule has 0 radical (unpaired) electrons. The number of nitrogens with zero attached hydrogens (tertiary/aromatic N) is 1. The molecule has 0 spiro atoms. The van der Waals surface area contributed by atoms with Crippen LogP contribution in [0.25, 0.3) is 16.7 Å². The maximum absolute atomic E-state index is 12.1. The van der Waals surface area contributed by atoms with Gasteiger partial charge in [-0.1, -0.05) is 35.9 Å². The van der Waals surface area contributed by atoms with Crippen molar-refractivity contribution in [2.45, 2.75) is 6.92 Å². The van der Waals surface area contributed by atoms with Gasteiger partial charge < -0.3 is 4.98 Å². The summed E-state index contributed by atoms with van der Waals surface area (Å²) in [7, 11) is 0. The molecule has 4 heteroatoms. The summed E-state index contributed by atoms with van der Waals surface area (Å²) in [6, 6.07) is 13.1. The van der Waals surface area contributed by atoms with E-state index in [9.17, 15) is 4.79 Å². The van der Waals surface area contributed by atoms with E-state index < -0.39 is 0 Å². The Balaban J connectivity index is 2.44. The maximum Gasteiger partial charge on any atom is 0.331 e. The molecule has 0 aliphatic carbocycles. The molecular weight excluding hydrogens is 248 g/mol. The highest BCUT2D eigenvalue weighted by atomic mass is 35.5. The number of imidazole rings is 1. The Morgan fingerprint density at radius 3 is 2.67 bits per heavy atom. The van der Waals surface area contributed by atoms with Gasteiger partial charge in [0.2, 0.25) is 0 Å². The zero-order valence-electron chi connectivity index (χ0n) is 9.77. The van der Waals surface area contributed by atoms with Crippen molar-refractivity contribution < 1.29 is 0 Å². The molecule has 0 unspecified atom stereocenters. The first-order chi connectivity index (χ1) is 8.68. The molecule has 1 N–H and O–H groups in total. The third-order valence-electron chi connectivity index (χ3n) is 3.02. The summed E-state index contributed by atoms with van der Waals surface area (Å²) in [5.41, 5.74) is 3.25. The molecule has 1 heterocycles. The largest absolute Gasteiger partial charge is 0.331 e. The van der Waals surface area contributed by atoms with Gasteiger partial charge in [0.1, 0.15) is 0 Å². The quantitative estimate of drug-likeness (QED) is 0.715. The Labute approximate surface area is 109 Å². The van der Waals surface area contributed by atoms with Crippen LogP contribution in [0.3, 0.4) is 0 Å². The van der Waals surface area contributed by atoms with Crippen LogP contribution in [-0.4, -0.2) is 9.55 Å². The van der Waals surface area contributed by atoms with Crippen LogP contribution < -0.4 is 5.69 Å². The number of rotatable bonds is 1. The van der Waals surface area contributed by atoms with Gasteiger partial charge in [0.15, 0.2) is 0 Å². The number of aromatic amines is 1.